The first-order valence-corrected chi connectivity index (χ1v) is 10.2. The number of piperazine rings is 1. The van der Waals surface area contributed by atoms with Gasteiger partial charge in [0, 0.05) is 50.4 Å². The third-order valence-corrected chi connectivity index (χ3v) is 6.53. The highest BCUT2D eigenvalue weighted by molar-refractivity contribution is 7.89. The van der Waals surface area contributed by atoms with E-state index in [2.05, 4.69) is 5.32 Å². The summed E-state index contributed by atoms with van der Waals surface area (Å²) >= 11 is 0. The first-order valence-electron chi connectivity index (χ1n) is 8.80. The molecule has 1 N–H and O–H groups in total. The monoisotopic (exact) mass is 423 g/mol. The smallest absolute Gasteiger partial charge is 0.255 e. The summed E-state index contributed by atoms with van der Waals surface area (Å²) in [5.41, 5.74) is 0.240. The van der Waals surface area contributed by atoms with Crippen molar-refractivity contribution in [2.75, 3.05) is 31.5 Å². The highest BCUT2D eigenvalue weighted by atomic mass is 32.2. The number of carbonyl (C=O) groups is 2. The van der Waals surface area contributed by atoms with Gasteiger partial charge in [0.25, 0.3) is 5.91 Å². The number of rotatable bonds is 4. The molecule has 2 aromatic carbocycles. The highest BCUT2D eigenvalue weighted by Gasteiger charge is 2.29. The van der Waals surface area contributed by atoms with Gasteiger partial charge >= 0.3 is 0 Å². The molecule has 1 saturated heterocycles. The maximum absolute atomic E-state index is 13.2. The molecule has 1 aliphatic heterocycles. The fourth-order valence-corrected chi connectivity index (χ4v) is 4.37. The third-order valence-electron chi connectivity index (χ3n) is 4.62. The molecule has 1 fully saturated rings. The normalized spacial score (nSPS) is 15.2. The van der Waals surface area contributed by atoms with Crippen LogP contribution in [0.25, 0.3) is 0 Å². The number of carbonyl (C=O) groups excluding carboxylic acids is 2. The average Bonchev–Trinajstić information content (AvgIpc) is 2.71. The second kappa shape index (κ2) is 8.26. The summed E-state index contributed by atoms with van der Waals surface area (Å²) in [6.45, 7) is 2.47. The van der Waals surface area contributed by atoms with E-state index in [-0.39, 0.29) is 35.1 Å². The molecule has 0 aliphatic carbocycles. The number of sulfonamides is 1. The number of halogens is 2. The molecule has 3 rings (SSSR count). The molecule has 1 aliphatic rings. The molecule has 2 aromatic rings. The summed E-state index contributed by atoms with van der Waals surface area (Å²) < 4.78 is 53.0. The summed E-state index contributed by atoms with van der Waals surface area (Å²) in [5, 5.41) is 2.42. The highest BCUT2D eigenvalue weighted by Crippen LogP contribution is 2.19. The lowest BCUT2D eigenvalue weighted by Crippen LogP contribution is -2.49. The zero-order chi connectivity index (χ0) is 21.2. The molecule has 0 spiro atoms. The molecule has 10 heteroatoms. The maximum atomic E-state index is 13.2. The van der Waals surface area contributed by atoms with Crippen LogP contribution < -0.4 is 5.32 Å². The molecule has 0 saturated carbocycles. The van der Waals surface area contributed by atoms with Gasteiger partial charge in [-0.15, -0.1) is 0 Å². The van der Waals surface area contributed by atoms with E-state index in [0.29, 0.717) is 13.1 Å². The van der Waals surface area contributed by atoms with Crippen molar-refractivity contribution in [2.45, 2.75) is 11.8 Å². The van der Waals surface area contributed by atoms with Crippen molar-refractivity contribution in [1.29, 1.82) is 0 Å². The predicted octanol–water partition coefficient (Wildman–Crippen LogP) is 2.07. The van der Waals surface area contributed by atoms with Crippen molar-refractivity contribution in [1.82, 2.24) is 9.21 Å². The number of hydrogen-bond acceptors (Lipinski definition) is 4. The average molecular weight is 423 g/mol. The zero-order valence-corrected chi connectivity index (χ0v) is 16.4. The van der Waals surface area contributed by atoms with Crippen LogP contribution >= 0.6 is 0 Å². The molecule has 1 heterocycles. The molecule has 0 radical (unpaired) electrons. The van der Waals surface area contributed by atoms with E-state index in [1.807, 2.05) is 0 Å². The number of amides is 2. The van der Waals surface area contributed by atoms with Crippen LogP contribution in [0.15, 0.2) is 47.4 Å². The molecule has 0 bridgehead atoms. The Morgan fingerprint density at radius 3 is 2.10 bits per heavy atom. The lowest BCUT2D eigenvalue weighted by Gasteiger charge is -2.33. The van der Waals surface area contributed by atoms with Gasteiger partial charge in [-0.3, -0.25) is 9.59 Å². The van der Waals surface area contributed by atoms with Crippen molar-refractivity contribution < 1.29 is 26.8 Å². The summed E-state index contributed by atoms with van der Waals surface area (Å²) in [4.78, 5) is 25.2. The molecule has 2 amide bonds. The van der Waals surface area contributed by atoms with Crippen LogP contribution in [0.5, 0.6) is 0 Å². The Balaban J connectivity index is 1.69. The lowest BCUT2D eigenvalue weighted by atomic mass is 10.2. The minimum atomic E-state index is -3.75. The van der Waals surface area contributed by atoms with Gasteiger partial charge in [0.1, 0.15) is 0 Å². The predicted molar refractivity (Wildman–Crippen MR) is 102 cm³/mol. The van der Waals surface area contributed by atoms with Crippen LogP contribution in [-0.2, 0) is 14.8 Å². The first kappa shape index (κ1) is 20.9. The molecular formula is C19H19F2N3O4S. The lowest BCUT2D eigenvalue weighted by molar-refractivity contribution is -0.129. The maximum Gasteiger partial charge on any atom is 0.255 e. The zero-order valence-electron chi connectivity index (χ0n) is 15.6. The Kier molecular flexibility index (Phi) is 5.94. The van der Waals surface area contributed by atoms with Gasteiger partial charge in [-0.1, -0.05) is 0 Å². The van der Waals surface area contributed by atoms with Crippen molar-refractivity contribution in [3.05, 3.63) is 59.7 Å². The fourth-order valence-electron chi connectivity index (χ4n) is 2.95. The van der Waals surface area contributed by atoms with Crippen molar-refractivity contribution >= 4 is 27.5 Å². The van der Waals surface area contributed by atoms with Crippen LogP contribution in [0, 0.1) is 11.6 Å². The van der Waals surface area contributed by atoms with Gasteiger partial charge in [-0.25, -0.2) is 17.2 Å². The van der Waals surface area contributed by atoms with E-state index >= 15 is 0 Å². The molecular weight excluding hydrogens is 404 g/mol. The van der Waals surface area contributed by atoms with E-state index in [9.17, 15) is 26.8 Å². The SMILES string of the molecule is CC(=O)N1CCN(S(=O)(=O)c2ccc(C(=O)Nc3ccc(F)c(F)c3)cc2)CC1. The minimum absolute atomic E-state index is 0.0261. The van der Waals surface area contributed by atoms with Crippen LogP contribution in [0.3, 0.4) is 0 Å². The molecule has 154 valence electrons. The molecule has 0 atom stereocenters. The second-order valence-corrected chi connectivity index (χ2v) is 8.46. The second-order valence-electron chi connectivity index (χ2n) is 6.52. The van der Waals surface area contributed by atoms with Gasteiger partial charge in [-0.05, 0) is 36.4 Å². The van der Waals surface area contributed by atoms with Crippen LogP contribution in [-0.4, -0.2) is 55.6 Å². The summed E-state index contributed by atoms with van der Waals surface area (Å²) in [7, 11) is -3.75. The number of benzene rings is 2. The molecule has 29 heavy (non-hydrogen) atoms. The summed E-state index contributed by atoms with van der Waals surface area (Å²) in [6.07, 6.45) is 0. The van der Waals surface area contributed by atoms with E-state index in [0.717, 1.165) is 12.1 Å². The Hall–Kier alpha value is -2.85. The van der Waals surface area contributed by atoms with Crippen LogP contribution in [0.2, 0.25) is 0 Å². The van der Waals surface area contributed by atoms with Gasteiger partial charge in [-0.2, -0.15) is 4.31 Å². The minimum Gasteiger partial charge on any atom is -0.340 e. The molecule has 7 nitrogen and oxygen atoms in total. The van der Waals surface area contributed by atoms with E-state index in [1.165, 1.54) is 41.6 Å². The van der Waals surface area contributed by atoms with Gasteiger partial charge < -0.3 is 10.2 Å². The number of anilines is 1. The van der Waals surface area contributed by atoms with Crippen molar-refractivity contribution in [3.8, 4) is 0 Å². The Bertz CT molecular complexity index is 1030. The molecule has 0 aromatic heterocycles. The summed E-state index contributed by atoms with van der Waals surface area (Å²) in [5.74, 6) is -2.80. The van der Waals surface area contributed by atoms with Crippen LogP contribution in [0.4, 0.5) is 14.5 Å². The fraction of sp³-hybridized carbons (Fsp3) is 0.263. The van der Waals surface area contributed by atoms with E-state index in [4.69, 9.17) is 0 Å². The number of nitrogens with one attached hydrogen (secondary N) is 1. The largest absolute Gasteiger partial charge is 0.340 e. The quantitative estimate of drug-likeness (QED) is 0.816. The van der Waals surface area contributed by atoms with E-state index in [1.54, 1.807) is 4.90 Å². The number of hydrogen-bond donors (Lipinski definition) is 1. The van der Waals surface area contributed by atoms with E-state index < -0.39 is 27.6 Å². The van der Waals surface area contributed by atoms with Gasteiger partial charge in [0.05, 0.1) is 4.90 Å². The van der Waals surface area contributed by atoms with Crippen LogP contribution in [0.1, 0.15) is 17.3 Å². The Labute approximate surface area is 167 Å². The standard InChI is InChI=1S/C19H19F2N3O4S/c1-13(25)23-8-10-24(11-9-23)29(27,28)16-5-2-14(3-6-16)19(26)22-15-4-7-17(20)18(21)12-15/h2-7,12H,8-11H2,1H3,(H,22,26). The third kappa shape index (κ3) is 4.60. The Morgan fingerprint density at radius 2 is 1.55 bits per heavy atom. The first-order chi connectivity index (χ1) is 13.7. The van der Waals surface area contributed by atoms with Crippen molar-refractivity contribution in [3.63, 3.8) is 0 Å². The summed E-state index contributed by atoms with van der Waals surface area (Å²) in [6, 6.07) is 8.27. The molecule has 0 unspecified atom stereocenters. The van der Waals surface area contributed by atoms with Crippen molar-refractivity contribution in [2.24, 2.45) is 0 Å². The van der Waals surface area contributed by atoms with Gasteiger partial charge in [0.15, 0.2) is 11.6 Å². The van der Waals surface area contributed by atoms with Gasteiger partial charge in [0.2, 0.25) is 15.9 Å². The Morgan fingerprint density at radius 1 is 0.931 bits per heavy atom. The number of nitrogens with zero attached hydrogens (tertiary/aromatic N) is 2. The topological polar surface area (TPSA) is 86.8 Å².